The molecule has 142 valence electrons. The minimum atomic E-state index is -4.13. The Morgan fingerprint density at radius 1 is 1.19 bits per heavy atom. The lowest BCUT2D eigenvalue weighted by Gasteiger charge is -2.43. The maximum absolute atomic E-state index is 12.3. The highest BCUT2D eigenvalue weighted by Gasteiger charge is 2.62. The molecule has 2 heterocycles. The zero-order valence-corrected chi connectivity index (χ0v) is 14.7. The minimum absolute atomic E-state index is 0.0999. The molecule has 5 atom stereocenters. The van der Waals surface area contributed by atoms with E-state index in [1.807, 2.05) is 0 Å². The number of sulfonamides is 1. The number of aliphatic hydroxyl groups is 4. The lowest BCUT2D eigenvalue weighted by atomic mass is 9.94. The van der Waals surface area contributed by atoms with Gasteiger partial charge in [-0.2, -0.15) is 8.42 Å². The molecular formula is C14H16N2O8S2. The van der Waals surface area contributed by atoms with Gasteiger partial charge in [-0.05, 0) is 23.9 Å². The summed E-state index contributed by atoms with van der Waals surface area (Å²) in [4.78, 5) is 10.1. The van der Waals surface area contributed by atoms with Crippen molar-refractivity contribution in [3.8, 4) is 0 Å². The molecule has 0 aliphatic carbocycles. The standard InChI is InChI=1S/C14H16N2O8S2/c17-6-8-9(18)10(19)11(20)14(24-8)12(21)15-13(25-14)16-26(22,23)7-4-2-1-3-5-7/h1-5,8-11,17-20H,6H2,(H,15,16,21)/t8-,9-,10+,11-,14-/m1/s1. The monoisotopic (exact) mass is 404 g/mol. The van der Waals surface area contributed by atoms with Crippen LogP contribution in [0.1, 0.15) is 0 Å². The smallest absolute Gasteiger partial charge is 0.284 e. The van der Waals surface area contributed by atoms with Crippen molar-refractivity contribution in [3.63, 3.8) is 0 Å². The Bertz CT molecular complexity index is 829. The first kappa shape index (κ1) is 19.2. The number of hydrogen-bond donors (Lipinski definition) is 5. The van der Waals surface area contributed by atoms with Crippen LogP contribution in [0.2, 0.25) is 0 Å². The molecule has 0 aromatic heterocycles. The van der Waals surface area contributed by atoms with Gasteiger partial charge in [0.1, 0.15) is 24.4 Å². The van der Waals surface area contributed by atoms with E-state index in [1.54, 1.807) is 6.07 Å². The molecule has 26 heavy (non-hydrogen) atoms. The molecule has 0 unspecified atom stereocenters. The van der Waals surface area contributed by atoms with Crippen molar-refractivity contribution in [3.05, 3.63) is 30.3 Å². The van der Waals surface area contributed by atoms with Crippen LogP contribution in [0.25, 0.3) is 0 Å². The average Bonchev–Trinajstić information content (AvgIpc) is 2.92. The number of benzene rings is 1. The lowest BCUT2D eigenvalue weighted by Crippen LogP contribution is -2.66. The summed E-state index contributed by atoms with van der Waals surface area (Å²) in [5.74, 6) is -0.957. The molecule has 1 spiro atoms. The highest BCUT2D eigenvalue weighted by Crippen LogP contribution is 2.43. The van der Waals surface area contributed by atoms with Gasteiger partial charge in [0.15, 0.2) is 5.17 Å². The molecule has 5 N–H and O–H groups in total. The van der Waals surface area contributed by atoms with E-state index >= 15 is 0 Å². The molecule has 2 aliphatic rings. The van der Waals surface area contributed by atoms with Crippen molar-refractivity contribution in [1.82, 2.24) is 5.32 Å². The highest BCUT2D eigenvalue weighted by atomic mass is 32.2. The van der Waals surface area contributed by atoms with Crippen LogP contribution in [0, 0.1) is 0 Å². The van der Waals surface area contributed by atoms with E-state index in [-0.39, 0.29) is 10.1 Å². The number of hydrogen-bond acceptors (Lipinski definition) is 9. The molecule has 2 aliphatic heterocycles. The number of nitrogens with one attached hydrogen (secondary N) is 1. The van der Waals surface area contributed by atoms with E-state index in [0.717, 1.165) is 0 Å². The molecule has 1 aromatic rings. The Morgan fingerprint density at radius 2 is 1.85 bits per heavy atom. The lowest BCUT2D eigenvalue weighted by molar-refractivity contribution is -0.236. The third kappa shape index (κ3) is 3.13. The molecule has 2 saturated heterocycles. The molecule has 3 rings (SSSR count). The maximum atomic E-state index is 12.3. The van der Waals surface area contributed by atoms with Crippen molar-refractivity contribution < 1.29 is 38.4 Å². The number of carbonyl (C=O) groups excluding carboxylic acids is 1. The Hall–Kier alpha value is -1.54. The van der Waals surface area contributed by atoms with Gasteiger partial charge in [-0.1, -0.05) is 18.2 Å². The van der Waals surface area contributed by atoms with Crippen LogP contribution in [0.3, 0.4) is 0 Å². The summed E-state index contributed by atoms with van der Waals surface area (Å²) in [6.07, 6.45) is -6.64. The number of ether oxygens (including phenoxy) is 1. The number of aliphatic hydroxyl groups excluding tert-OH is 4. The summed E-state index contributed by atoms with van der Waals surface area (Å²) in [6, 6.07) is 7.29. The second-order valence-electron chi connectivity index (χ2n) is 5.67. The van der Waals surface area contributed by atoms with Crippen molar-refractivity contribution in [1.29, 1.82) is 0 Å². The summed E-state index contributed by atoms with van der Waals surface area (Å²) in [7, 11) is -4.13. The molecule has 10 nitrogen and oxygen atoms in total. The van der Waals surface area contributed by atoms with Crippen molar-refractivity contribution >= 4 is 32.9 Å². The average molecular weight is 404 g/mol. The Labute approximate surface area is 152 Å². The third-order valence-electron chi connectivity index (χ3n) is 3.98. The third-order valence-corrected chi connectivity index (χ3v) is 6.60. The van der Waals surface area contributed by atoms with Crippen molar-refractivity contribution in [2.75, 3.05) is 6.61 Å². The van der Waals surface area contributed by atoms with Crippen LogP contribution in [-0.2, 0) is 19.6 Å². The first-order chi connectivity index (χ1) is 12.2. The zero-order chi connectivity index (χ0) is 19.1. The normalized spacial score (nSPS) is 36.5. The van der Waals surface area contributed by atoms with E-state index in [0.29, 0.717) is 11.8 Å². The predicted molar refractivity (Wildman–Crippen MR) is 89.5 cm³/mol. The second kappa shape index (κ2) is 6.88. The molecule has 0 radical (unpaired) electrons. The van der Waals surface area contributed by atoms with Crippen molar-refractivity contribution in [2.45, 2.75) is 34.2 Å². The Morgan fingerprint density at radius 3 is 2.46 bits per heavy atom. The summed E-state index contributed by atoms with van der Waals surface area (Å²) in [5.41, 5.74) is 0. The molecular weight excluding hydrogens is 388 g/mol. The van der Waals surface area contributed by atoms with Crippen LogP contribution in [0.15, 0.2) is 39.6 Å². The zero-order valence-electron chi connectivity index (χ0n) is 13.1. The molecule has 0 bridgehead atoms. The largest absolute Gasteiger partial charge is 0.394 e. The highest BCUT2D eigenvalue weighted by molar-refractivity contribution is 8.16. The summed E-state index contributed by atoms with van der Waals surface area (Å²) in [6.45, 7) is -0.727. The molecule has 0 saturated carbocycles. The first-order valence-electron chi connectivity index (χ1n) is 7.44. The SMILES string of the molecule is O=C1N/C(=N/S(=O)(=O)c2ccccc2)S[C@@]12O[C@H](CO)[C@@H](O)[C@H](O)[C@H]2O. The number of thioether (sulfide) groups is 1. The van der Waals surface area contributed by atoms with E-state index < -0.39 is 51.9 Å². The minimum Gasteiger partial charge on any atom is -0.394 e. The number of nitrogens with zero attached hydrogens (tertiary/aromatic N) is 1. The number of amides is 1. The van der Waals surface area contributed by atoms with Gasteiger partial charge in [0.05, 0.1) is 11.5 Å². The van der Waals surface area contributed by atoms with Crippen LogP contribution in [0.4, 0.5) is 0 Å². The molecule has 1 amide bonds. The van der Waals surface area contributed by atoms with Crippen LogP contribution in [0.5, 0.6) is 0 Å². The fourth-order valence-electron chi connectivity index (χ4n) is 2.61. The summed E-state index contributed by atoms with van der Waals surface area (Å²) in [5, 5.41) is 41.0. The van der Waals surface area contributed by atoms with Gasteiger partial charge in [-0.15, -0.1) is 4.40 Å². The predicted octanol–water partition coefficient (Wildman–Crippen LogP) is -2.24. The van der Waals surface area contributed by atoms with Gasteiger partial charge in [-0.25, -0.2) is 0 Å². The van der Waals surface area contributed by atoms with Gasteiger partial charge in [0.2, 0.25) is 4.93 Å². The number of rotatable bonds is 3. The van der Waals surface area contributed by atoms with E-state index in [9.17, 15) is 33.6 Å². The maximum Gasteiger partial charge on any atom is 0.284 e. The van der Waals surface area contributed by atoms with E-state index in [4.69, 9.17) is 4.74 Å². The van der Waals surface area contributed by atoms with Crippen LogP contribution < -0.4 is 5.32 Å². The Balaban J connectivity index is 1.93. The number of amidine groups is 1. The fraction of sp³-hybridized carbons (Fsp3) is 0.429. The number of carbonyl (C=O) groups is 1. The van der Waals surface area contributed by atoms with Gasteiger partial charge < -0.3 is 30.5 Å². The van der Waals surface area contributed by atoms with Gasteiger partial charge in [-0.3, -0.25) is 4.79 Å². The van der Waals surface area contributed by atoms with Gasteiger partial charge >= 0.3 is 0 Å². The van der Waals surface area contributed by atoms with E-state index in [1.165, 1.54) is 24.3 Å². The molecule has 1 aromatic carbocycles. The van der Waals surface area contributed by atoms with Crippen LogP contribution >= 0.6 is 11.8 Å². The quantitative estimate of drug-likeness (QED) is 0.374. The first-order valence-corrected chi connectivity index (χ1v) is 9.70. The van der Waals surface area contributed by atoms with Gasteiger partial charge in [0, 0.05) is 0 Å². The summed E-state index contributed by atoms with van der Waals surface area (Å²) >= 11 is 0.452. The second-order valence-corrected chi connectivity index (χ2v) is 8.47. The van der Waals surface area contributed by atoms with E-state index in [2.05, 4.69) is 9.71 Å². The summed E-state index contributed by atoms with van der Waals surface area (Å²) < 4.78 is 33.4. The van der Waals surface area contributed by atoms with Crippen molar-refractivity contribution in [2.24, 2.45) is 4.40 Å². The Kier molecular flexibility index (Phi) is 5.09. The van der Waals surface area contributed by atoms with Gasteiger partial charge in [0.25, 0.3) is 15.9 Å². The fourth-order valence-corrected chi connectivity index (χ4v) is 4.93. The molecule has 12 heteroatoms. The van der Waals surface area contributed by atoms with Crippen LogP contribution in [-0.4, -0.2) is 75.9 Å². The molecule has 2 fully saturated rings. The topological polar surface area (TPSA) is 166 Å².